The zero-order valence-electron chi connectivity index (χ0n) is 29.5. The van der Waals surface area contributed by atoms with Crippen LogP contribution in [0.3, 0.4) is 0 Å². The Bertz CT molecular complexity index is 3420. The lowest BCUT2D eigenvalue weighted by molar-refractivity contribution is 0.632. The van der Waals surface area contributed by atoms with Gasteiger partial charge < -0.3 is 13.3 Å². The average molecular weight is 703 g/mol. The monoisotopic (exact) mass is 702 g/mol. The van der Waals surface area contributed by atoms with Crippen molar-refractivity contribution in [1.29, 1.82) is 0 Å². The maximum atomic E-state index is 6.75. The minimum Gasteiger partial charge on any atom is -0.456 e. The number of fused-ring (bicyclic) bond motifs is 9. The summed E-state index contributed by atoms with van der Waals surface area (Å²) < 4.78 is 19.7. The van der Waals surface area contributed by atoms with Crippen LogP contribution in [-0.4, -0.2) is 0 Å². The van der Waals surface area contributed by atoms with Crippen molar-refractivity contribution < 1.29 is 13.3 Å². The highest BCUT2D eigenvalue weighted by molar-refractivity contribution is 6.23. The standard InChI is InChI=1S/C52H30O3/c1-3-13-31(14-4-1)51-43-30-47-42(29-48(43)55-52(51)32-15-5-2-6-16-32)41-27-33(24-26-45(41)54-47)49-37-18-7-9-20-39(37)50(40-21-10-8-19-38(40)49)34-23-25-36-35-17-11-12-22-44(35)53-46(36)28-34/h1-30H. The van der Waals surface area contributed by atoms with E-state index in [1.807, 2.05) is 24.3 Å². The molecule has 0 amide bonds. The number of furan rings is 3. The van der Waals surface area contributed by atoms with E-state index in [4.69, 9.17) is 13.3 Å². The Morgan fingerprint density at radius 1 is 0.218 bits per heavy atom. The summed E-state index contributed by atoms with van der Waals surface area (Å²) in [6, 6.07) is 64.2. The molecule has 0 radical (unpaired) electrons. The minimum absolute atomic E-state index is 0.833. The summed E-state index contributed by atoms with van der Waals surface area (Å²) in [5.74, 6) is 0.858. The molecule has 3 aromatic heterocycles. The van der Waals surface area contributed by atoms with Gasteiger partial charge in [0, 0.05) is 38.1 Å². The first-order chi connectivity index (χ1) is 27.3. The molecule has 0 aliphatic heterocycles. The molecule has 3 nitrogen and oxygen atoms in total. The Balaban J connectivity index is 1.08. The first kappa shape index (κ1) is 30.1. The average Bonchev–Trinajstić information content (AvgIpc) is 3.92. The molecule has 0 fully saturated rings. The molecular weight excluding hydrogens is 673 g/mol. The van der Waals surface area contributed by atoms with Crippen molar-refractivity contribution in [2.24, 2.45) is 0 Å². The molecule has 12 aromatic rings. The fourth-order valence-electron chi connectivity index (χ4n) is 8.84. The molecule has 0 spiro atoms. The summed E-state index contributed by atoms with van der Waals surface area (Å²) in [7, 11) is 0. The number of benzene rings is 9. The van der Waals surface area contributed by atoms with E-state index in [-0.39, 0.29) is 0 Å². The van der Waals surface area contributed by atoms with Crippen LogP contribution in [0.5, 0.6) is 0 Å². The van der Waals surface area contributed by atoms with Gasteiger partial charge in [-0.1, -0.05) is 140 Å². The van der Waals surface area contributed by atoms with Gasteiger partial charge in [-0.15, -0.1) is 0 Å². The third-order valence-electron chi connectivity index (χ3n) is 11.3. The molecule has 0 aliphatic carbocycles. The van der Waals surface area contributed by atoms with Gasteiger partial charge in [0.2, 0.25) is 0 Å². The lowest BCUT2D eigenvalue weighted by Crippen LogP contribution is -1.90. The predicted octanol–water partition coefficient (Wildman–Crippen LogP) is 15.2. The van der Waals surface area contributed by atoms with Gasteiger partial charge in [0.1, 0.15) is 33.7 Å². The molecule has 3 heterocycles. The predicted molar refractivity (Wildman–Crippen MR) is 228 cm³/mol. The third-order valence-corrected chi connectivity index (χ3v) is 11.3. The van der Waals surface area contributed by atoms with Crippen LogP contribution in [0.25, 0.3) is 121 Å². The van der Waals surface area contributed by atoms with E-state index >= 15 is 0 Å². The van der Waals surface area contributed by atoms with Crippen molar-refractivity contribution in [3.8, 4) is 44.7 Å². The van der Waals surface area contributed by atoms with Crippen molar-refractivity contribution in [3.05, 3.63) is 182 Å². The van der Waals surface area contributed by atoms with E-state index in [1.165, 1.54) is 32.7 Å². The summed E-state index contributed by atoms with van der Waals surface area (Å²) >= 11 is 0. The van der Waals surface area contributed by atoms with Crippen molar-refractivity contribution >= 4 is 76.4 Å². The van der Waals surface area contributed by atoms with Crippen LogP contribution in [0.1, 0.15) is 0 Å². The van der Waals surface area contributed by atoms with E-state index in [0.717, 1.165) is 88.4 Å². The van der Waals surface area contributed by atoms with Crippen LogP contribution in [-0.2, 0) is 0 Å². The molecule has 9 aromatic carbocycles. The highest BCUT2D eigenvalue weighted by Crippen LogP contribution is 2.47. The van der Waals surface area contributed by atoms with Gasteiger partial charge in [-0.05, 0) is 91.8 Å². The fourth-order valence-corrected chi connectivity index (χ4v) is 8.84. The molecular formula is C52H30O3. The van der Waals surface area contributed by atoms with Crippen molar-refractivity contribution in [3.63, 3.8) is 0 Å². The molecule has 0 atom stereocenters. The molecule has 256 valence electrons. The first-order valence-corrected chi connectivity index (χ1v) is 18.7. The van der Waals surface area contributed by atoms with Gasteiger partial charge in [0.05, 0.1) is 0 Å². The van der Waals surface area contributed by atoms with Gasteiger partial charge >= 0.3 is 0 Å². The van der Waals surface area contributed by atoms with Crippen molar-refractivity contribution in [1.82, 2.24) is 0 Å². The lowest BCUT2D eigenvalue weighted by atomic mass is 9.85. The zero-order valence-corrected chi connectivity index (χ0v) is 29.5. The summed E-state index contributed by atoms with van der Waals surface area (Å²) in [6.45, 7) is 0. The first-order valence-electron chi connectivity index (χ1n) is 18.7. The van der Waals surface area contributed by atoms with Crippen molar-refractivity contribution in [2.75, 3.05) is 0 Å². The molecule has 55 heavy (non-hydrogen) atoms. The molecule has 0 saturated heterocycles. The summed E-state index contributed by atoms with van der Waals surface area (Å²) in [4.78, 5) is 0. The quantitative estimate of drug-likeness (QED) is 0.171. The molecule has 3 heteroatoms. The van der Waals surface area contributed by atoms with Crippen LogP contribution >= 0.6 is 0 Å². The number of rotatable bonds is 4. The molecule has 0 unspecified atom stereocenters. The Morgan fingerprint density at radius 3 is 1.35 bits per heavy atom. The Morgan fingerprint density at radius 2 is 0.673 bits per heavy atom. The van der Waals surface area contributed by atoms with Crippen LogP contribution in [0.4, 0.5) is 0 Å². The number of para-hydroxylation sites is 1. The third kappa shape index (κ3) is 4.50. The molecule has 0 bridgehead atoms. The van der Waals surface area contributed by atoms with E-state index in [1.54, 1.807) is 0 Å². The van der Waals surface area contributed by atoms with Gasteiger partial charge in [-0.25, -0.2) is 0 Å². The topological polar surface area (TPSA) is 39.4 Å². The van der Waals surface area contributed by atoms with E-state index in [9.17, 15) is 0 Å². The summed E-state index contributed by atoms with van der Waals surface area (Å²) in [6.07, 6.45) is 0. The second kappa shape index (κ2) is 11.6. The Kier molecular flexibility index (Phi) is 6.34. The van der Waals surface area contributed by atoms with Crippen LogP contribution in [0.2, 0.25) is 0 Å². The Labute approximate surface area is 315 Å². The second-order valence-corrected chi connectivity index (χ2v) is 14.3. The number of hydrogen-bond acceptors (Lipinski definition) is 3. The van der Waals surface area contributed by atoms with E-state index < -0.39 is 0 Å². The normalized spacial score (nSPS) is 12.0. The lowest BCUT2D eigenvalue weighted by Gasteiger charge is -2.17. The van der Waals surface area contributed by atoms with E-state index in [0.29, 0.717) is 0 Å². The van der Waals surface area contributed by atoms with Gasteiger partial charge in [0.15, 0.2) is 0 Å². The SMILES string of the molecule is c1ccc(-c2oc3cc4c(cc3c2-c2ccccc2)oc2ccc(-c3c5ccccc5c(-c5ccc6c(c5)oc5ccccc56)c5ccccc35)cc24)cc1. The maximum absolute atomic E-state index is 6.75. The van der Waals surface area contributed by atoms with Crippen molar-refractivity contribution in [2.45, 2.75) is 0 Å². The molecule has 0 saturated carbocycles. The van der Waals surface area contributed by atoms with Gasteiger partial charge in [0.25, 0.3) is 0 Å². The van der Waals surface area contributed by atoms with Crippen LogP contribution < -0.4 is 0 Å². The summed E-state index contributed by atoms with van der Waals surface area (Å²) in [5.41, 5.74) is 12.2. The minimum atomic E-state index is 0.833. The fraction of sp³-hybridized carbons (Fsp3) is 0. The Hall–Kier alpha value is -7.36. The largest absolute Gasteiger partial charge is 0.456 e. The summed E-state index contributed by atoms with van der Waals surface area (Å²) in [5, 5.41) is 10.2. The van der Waals surface area contributed by atoms with Crippen LogP contribution in [0.15, 0.2) is 195 Å². The highest BCUT2D eigenvalue weighted by atomic mass is 16.3. The molecule has 12 rings (SSSR count). The molecule has 0 N–H and O–H groups in total. The maximum Gasteiger partial charge on any atom is 0.143 e. The van der Waals surface area contributed by atoms with Gasteiger partial charge in [-0.3, -0.25) is 0 Å². The van der Waals surface area contributed by atoms with E-state index in [2.05, 4.69) is 158 Å². The zero-order chi connectivity index (χ0) is 36.0. The highest BCUT2D eigenvalue weighted by Gasteiger charge is 2.22. The number of hydrogen-bond donors (Lipinski definition) is 0. The van der Waals surface area contributed by atoms with Gasteiger partial charge in [-0.2, -0.15) is 0 Å². The van der Waals surface area contributed by atoms with Crippen LogP contribution in [0, 0.1) is 0 Å². The second-order valence-electron chi connectivity index (χ2n) is 14.3. The smallest absolute Gasteiger partial charge is 0.143 e. The molecule has 0 aliphatic rings.